The summed E-state index contributed by atoms with van der Waals surface area (Å²) < 4.78 is 0. The maximum absolute atomic E-state index is 12.1. The molecule has 20 heavy (non-hydrogen) atoms. The topological polar surface area (TPSA) is 65.2 Å². The van der Waals surface area contributed by atoms with E-state index in [1.807, 2.05) is 0 Å². The molecule has 0 radical (unpaired) electrons. The largest absolute Gasteiger partial charge is 0.349 e. The standard InChI is InChI=1S/C15H23N3O2/c1-18(2)15(9-4-3-5-10-15)11-16-14(20)12-7-6-8-13(19)17-12/h6-8H,3-5,9-11H2,1-2H3,(H,16,20)(H,17,19). The molecule has 0 unspecified atom stereocenters. The van der Waals surface area contributed by atoms with Crippen molar-refractivity contribution in [3.8, 4) is 0 Å². The summed E-state index contributed by atoms with van der Waals surface area (Å²) in [5.74, 6) is -0.213. The average molecular weight is 277 g/mol. The third-order valence-electron chi connectivity index (χ3n) is 4.32. The second-order valence-corrected chi connectivity index (χ2v) is 5.79. The molecule has 1 aliphatic rings. The van der Waals surface area contributed by atoms with Crippen LogP contribution < -0.4 is 10.9 Å². The molecule has 5 nitrogen and oxygen atoms in total. The number of likely N-dealkylation sites (N-methyl/N-ethyl adjacent to an activating group) is 1. The Labute approximate surface area is 119 Å². The van der Waals surface area contributed by atoms with Crippen LogP contribution in [-0.4, -0.2) is 42.0 Å². The number of aromatic amines is 1. The number of aromatic nitrogens is 1. The van der Waals surface area contributed by atoms with Gasteiger partial charge in [-0.3, -0.25) is 9.59 Å². The van der Waals surface area contributed by atoms with Crippen molar-refractivity contribution in [2.24, 2.45) is 0 Å². The lowest BCUT2D eigenvalue weighted by Gasteiger charge is -2.43. The number of H-pyrrole nitrogens is 1. The fourth-order valence-electron chi connectivity index (χ4n) is 2.91. The predicted octanol–water partition coefficient (Wildman–Crippen LogP) is 1.37. The molecule has 0 spiro atoms. The van der Waals surface area contributed by atoms with E-state index in [1.165, 1.54) is 25.3 Å². The summed E-state index contributed by atoms with van der Waals surface area (Å²) in [7, 11) is 4.14. The Hall–Kier alpha value is -1.62. The third kappa shape index (κ3) is 3.28. The highest BCUT2D eigenvalue weighted by Gasteiger charge is 2.34. The number of hydrogen-bond donors (Lipinski definition) is 2. The summed E-state index contributed by atoms with van der Waals surface area (Å²) >= 11 is 0. The van der Waals surface area contributed by atoms with Gasteiger partial charge in [0.2, 0.25) is 5.56 Å². The van der Waals surface area contributed by atoms with Gasteiger partial charge in [0.1, 0.15) is 5.69 Å². The Balaban J connectivity index is 2.02. The van der Waals surface area contributed by atoms with Crippen LogP contribution in [0.1, 0.15) is 42.6 Å². The van der Waals surface area contributed by atoms with Gasteiger partial charge in [-0.05, 0) is 33.0 Å². The fourth-order valence-corrected chi connectivity index (χ4v) is 2.91. The highest BCUT2D eigenvalue weighted by molar-refractivity contribution is 5.92. The highest BCUT2D eigenvalue weighted by Crippen LogP contribution is 2.31. The van der Waals surface area contributed by atoms with E-state index in [-0.39, 0.29) is 17.0 Å². The van der Waals surface area contributed by atoms with Crippen LogP contribution in [0.2, 0.25) is 0 Å². The van der Waals surface area contributed by atoms with Crippen molar-refractivity contribution in [2.75, 3.05) is 20.6 Å². The average Bonchev–Trinajstić information content (AvgIpc) is 2.45. The molecule has 0 aliphatic heterocycles. The van der Waals surface area contributed by atoms with E-state index in [0.717, 1.165) is 12.8 Å². The van der Waals surface area contributed by atoms with Crippen LogP contribution in [0.25, 0.3) is 0 Å². The summed E-state index contributed by atoms with van der Waals surface area (Å²) in [6.45, 7) is 0.621. The molecule has 110 valence electrons. The van der Waals surface area contributed by atoms with Crippen LogP contribution in [0.4, 0.5) is 0 Å². The SMILES string of the molecule is CN(C)C1(CNC(=O)c2cccc(=O)[nH]2)CCCCC1. The number of carbonyl (C=O) groups is 1. The van der Waals surface area contributed by atoms with Gasteiger partial charge in [0.25, 0.3) is 5.91 Å². The molecule has 1 amide bonds. The van der Waals surface area contributed by atoms with E-state index in [9.17, 15) is 9.59 Å². The molecule has 0 aromatic carbocycles. The Morgan fingerprint density at radius 3 is 2.60 bits per heavy atom. The first kappa shape index (κ1) is 14.8. The van der Waals surface area contributed by atoms with E-state index < -0.39 is 0 Å². The first-order valence-electron chi connectivity index (χ1n) is 7.18. The van der Waals surface area contributed by atoms with Gasteiger partial charge in [0, 0.05) is 18.2 Å². The van der Waals surface area contributed by atoms with Crippen LogP contribution in [0.15, 0.2) is 23.0 Å². The highest BCUT2D eigenvalue weighted by atomic mass is 16.2. The Morgan fingerprint density at radius 2 is 2.00 bits per heavy atom. The van der Waals surface area contributed by atoms with E-state index >= 15 is 0 Å². The van der Waals surface area contributed by atoms with Gasteiger partial charge in [-0.2, -0.15) is 0 Å². The Bertz CT molecular complexity index is 516. The maximum atomic E-state index is 12.1. The van der Waals surface area contributed by atoms with Crippen molar-refractivity contribution in [2.45, 2.75) is 37.6 Å². The zero-order chi connectivity index (χ0) is 14.6. The Kier molecular flexibility index (Phi) is 4.60. The van der Waals surface area contributed by atoms with Gasteiger partial charge in [-0.25, -0.2) is 0 Å². The lowest BCUT2D eigenvalue weighted by molar-refractivity contribution is 0.0796. The van der Waals surface area contributed by atoms with E-state index in [0.29, 0.717) is 12.2 Å². The molecule has 1 saturated carbocycles. The second kappa shape index (κ2) is 6.22. The van der Waals surface area contributed by atoms with Crippen LogP contribution in [-0.2, 0) is 0 Å². The minimum absolute atomic E-state index is 0.0446. The van der Waals surface area contributed by atoms with Crippen LogP contribution >= 0.6 is 0 Å². The molecule has 1 aliphatic carbocycles. The molecule has 1 fully saturated rings. The zero-order valence-corrected chi connectivity index (χ0v) is 12.2. The molecule has 0 bridgehead atoms. The van der Waals surface area contributed by atoms with E-state index in [2.05, 4.69) is 29.3 Å². The number of hydrogen-bond acceptors (Lipinski definition) is 3. The number of nitrogens with one attached hydrogen (secondary N) is 2. The molecular formula is C15H23N3O2. The van der Waals surface area contributed by atoms with E-state index in [1.54, 1.807) is 12.1 Å². The predicted molar refractivity (Wildman–Crippen MR) is 78.9 cm³/mol. The molecule has 5 heteroatoms. The minimum Gasteiger partial charge on any atom is -0.349 e. The number of pyridine rings is 1. The van der Waals surface area contributed by atoms with Crippen LogP contribution in [0.5, 0.6) is 0 Å². The van der Waals surface area contributed by atoms with E-state index in [4.69, 9.17) is 0 Å². The lowest BCUT2D eigenvalue weighted by Crippen LogP contribution is -2.53. The molecule has 1 aromatic rings. The van der Waals surface area contributed by atoms with Crippen molar-refractivity contribution in [3.63, 3.8) is 0 Å². The summed E-state index contributed by atoms with van der Waals surface area (Å²) in [5, 5.41) is 2.97. The van der Waals surface area contributed by atoms with Crippen molar-refractivity contribution < 1.29 is 4.79 Å². The van der Waals surface area contributed by atoms with Crippen molar-refractivity contribution in [3.05, 3.63) is 34.2 Å². The number of rotatable bonds is 4. The lowest BCUT2D eigenvalue weighted by atomic mass is 9.80. The molecule has 2 rings (SSSR count). The minimum atomic E-state index is -0.252. The van der Waals surface area contributed by atoms with Crippen molar-refractivity contribution in [1.29, 1.82) is 0 Å². The Morgan fingerprint density at radius 1 is 1.30 bits per heavy atom. The van der Waals surface area contributed by atoms with Gasteiger partial charge in [0.05, 0.1) is 0 Å². The van der Waals surface area contributed by atoms with Crippen LogP contribution in [0, 0.1) is 0 Å². The quantitative estimate of drug-likeness (QED) is 0.873. The third-order valence-corrected chi connectivity index (χ3v) is 4.32. The zero-order valence-electron chi connectivity index (χ0n) is 12.2. The normalized spacial score (nSPS) is 17.9. The summed E-state index contributed by atoms with van der Waals surface area (Å²) in [6.07, 6.45) is 5.89. The second-order valence-electron chi connectivity index (χ2n) is 5.79. The molecule has 1 aromatic heterocycles. The van der Waals surface area contributed by atoms with Gasteiger partial charge >= 0.3 is 0 Å². The summed E-state index contributed by atoms with van der Waals surface area (Å²) in [6, 6.07) is 4.62. The number of nitrogens with zero attached hydrogens (tertiary/aromatic N) is 1. The van der Waals surface area contributed by atoms with Crippen LogP contribution in [0.3, 0.4) is 0 Å². The van der Waals surface area contributed by atoms with Gasteiger partial charge < -0.3 is 15.2 Å². The van der Waals surface area contributed by atoms with Gasteiger partial charge in [-0.15, -0.1) is 0 Å². The van der Waals surface area contributed by atoms with Crippen molar-refractivity contribution in [1.82, 2.24) is 15.2 Å². The smallest absolute Gasteiger partial charge is 0.267 e. The number of amides is 1. The first-order chi connectivity index (χ1) is 9.53. The summed E-state index contributed by atoms with van der Waals surface area (Å²) in [4.78, 5) is 28.1. The molecule has 2 N–H and O–H groups in total. The molecular weight excluding hydrogens is 254 g/mol. The van der Waals surface area contributed by atoms with Gasteiger partial charge in [0.15, 0.2) is 0 Å². The number of carbonyl (C=O) groups excluding carboxylic acids is 1. The molecule has 0 atom stereocenters. The maximum Gasteiger partial charge on any atom is 0.267 e. The monoisotopic (exact) mass is 277 g/mol. The molecule has 1 heterocycles. The van der Waals surface area contributed by atoms with Gasteiger partial charge in [-0.1, -0.05) is 25.3 Å². The fraction of sp³-hybridized carbons (Fsp3) is 0.600. The molecule has 0 saturated heterocycles. The summed E-state index contributed by atoms with van der Waals surface area (Å²) in [5.41, 5.74) is 0.114. The first-order valence-corrected chi connectivity index (χ1v) is 7.18. The van der Waals surface area contributed by atoms with Crippen molar-refractivity contribution >= 4 is 5.91 Å².